The van der Waals surface area contributed by atoms with Crippen molar-refractivity contribution in [3.05, 3.63) is 53.2 Å². The predicted octanol–water partition coefficient (Wildman–Crippen LogP) is 3.04. The van der Waals surface area contributed by atoms with Crippen molar-refractivity contribution in [2.45, 2.75) is 13.5 Å². The Morgan fingerprint density at radius 1 is 1.44 bits per heavy atom. The lowest BCUT2D eigenvalue weighted by atomic mass is 10.2. The summed E-state index contributed by atoms with van der Waals surface area (Å²) in [5.41, 5.74) is 1.63. The van der Waals surface area contributed by atoms with Crippen molar-refractivity contribution in [1.29, 1.82) is 0 Å². The van der Waals surface area contributed by atoms with E-state index in [1.165, 1.54) is 12.3 Å². The third-order valence-electron chi connectivity index (χ3n) is 2.53. The molecule has 2 aromatic rings. The third kappa shape index (κ3) is 2.51. The number of carbonyl (C=O) groups is 1. The van der Waals surface area contributed by atoms with E-state index in [0.29, 0.717) is 11.3 Å². The largest absolute Gasteiger partial charge is 0.475 e. The summed E-state index contributed by atoms with van der Waals surface area (Å²) in [5, 5.41) is 11.7. The van der Waals surface area contributed by atoms with Crippen LogP contribution in [-0.2, 0) is 6.54 Å². The topological polar surface area (TPSA) is 62.5 Å². The van der Waals surface area contributed by atoms with Gasteiger partial charge < -0.3 is 14.8 Å². The average molecular weight is 249 g/mol. The van der Waals surface area contributed by atoms with Crippen LogP contribution < -0.4 is 5.32 Å². The van der Waals surface area contributed by atoms with Crippen LogP contribution in [0.4, 0.5) is 10.1 Å². The van der Waals surface area contributed by atoms with E-state index in [1.807, 2.05) is 0 Å². The molecule has 0 bridgehead atoms. The molecule has 0 aliphatic heterocycles. The van der Waals surface area contributed by atoms with Crippen LogP contribution in [-0.4, -0.2) is 11.1 Å². The lowest BCUT2D eigenvalue weighted by Gasteiger charge is -2.07. The Morgan fingerprint density at radius 2 is 2.22 bits per heavy atom. The predicted molar refractivity (Wildman–Crippen MR) is 64.1 cm³/mol. The molecule has 1 aromatic carbocycles. The number of aromatic carboxylic acids is 1. The molecule has 0 aliphatic carbocycles. The lowest BCUT2D eigenvalue weighted by molar-refractivity contribution is 0.0661. The van der Waals surface area contributed by atoms with Gasteiger partial charge in [0, 0.05) is 12.1 Å². The highest BCUT2D eigenvalue weighted by Crippen LogP contribution is 2.18. The molecule has 2 N–H and O–H groups in total. The van der Waals surface area contributed by atoms with Gasteiger partial charge >= 0.3 is 5.97 Å². The first-order valence-corrected chi connectivity index (χ1v) is 5.37. The van der Waals surface area contributed by atoms with Gasteiger partial charge in [0.2, 0.25) is 5.76 Å². The van der Waals surface area contributed by atoms with Crippen LogP contribution in [0.15, 0.2) is 34.9 Å². The van der Waals surface area contributed by atoms with Gasteiger partial charge in [-0.1, -0.05) is 6.07 Å². The number of rotatable bonds is 4. The molecule has 0 unspecified atom stereocenters. The van der Waals surface area contributed by atoms with Crippen LogP contribution in [0.2, 0.25) is 0 Å². The number of carboxylic acids is 1. The van der Waals surface area contributed by atoms with Crippen LogP contribution in [0.1, 0.15) is 21.7 Å². The summed E-state index contributed by atoms with van der Waals surface area (Å²) in [7, 11) is 0. The summed E-state index contributed by atoms with van der Waals surface area (Å²) in [6.07, 6.45) is 1.30. The monoisotopic (exact) mass is 249 g/mol. The van der Waals surface area contributed by atoms with E-state index < -0.39 is 5.97 Å². The fraction of sp³-hybridized carbons (Fsp3) is 0.154. The second kappa shape index (κ2) is 4.91. The molecule has 0 aliphatic rings. The highest BCUT2D eigenvalue weighted by molar-refractivity contribution is 5.86. The highest BCUT2D eigenvalue weighted by atomic mass is 19.1. The minimum absolute atomic E-state index is 0.130. The molecule has 0 amide bonds. The van der Waals surface area contributed by atoms with Crippen LogP contribution in [0, 0.1) is 12.7 Å². The standard InChI is InChI=1S/C13H12FNO3/c1-8-2-3-11(10(14)6-8)15-7-9-4-5-18-12(9)13(16)17/h2-6,15H,7H2,1H3,(H,16,17). The molecule has 4 nitrogen and oxygen atoms in total. The summed E-state index contributed by atoms with van der Waals surface area (Å²) >= 11 is 0. The summed E-state index contributed by atoms with van der Waals surface area (Å²) < 4.78 is 18.4. The zero-order valence-electron chi connectivity index (χ0n) is 9.74. The first kappa shape index (κ1) is 12.2. The van der Waals surface area contributed by atoms with Gasteiger partial charge in [-0.05, 0) is 30.7 Å². The van der Waals surface area contributed by atoms with Crippen LogP contribution in [0.25, 0.3) is 0 Å². The first-order chi connectivity index (χ1) is 8.58. The number of anilines is 1. The Balaban J connectivity index is 2.11. The molecule has 18 heavy (non-hydrogen) atoms. The molecule has 1 heterocycles. The van der Waals surface area contributed by atoms with Gasteiger partial charge in [-0.2, -0.15) is 0 Å². The van der Waals surface area contributed by atoms with E-state index in [-0.39, 0.29) is 18.1 Å². The molecule has 0 saturated heterocycles. The first-order valence-electron chi connectivity index (χ1n) is 5.37. The van der Waals surface area contributed by atoms with Crippen molar-refractivity contribution in [2.75, 3.05) is 5.32 Å². The number of hydrogen-bond acceptors (Lipinski definition) is 3. The Kier molecular flexibility index (Phi) is 3.32. The van der Waals surface area contributed by atoms with E-state index in [4.69, 9.17) is 9.52 Å². The molecule has 94 valence electrons. The van der Waals surface area contributed by atoms with Gasteiger partial charge in [0.25, 0.3) is 0 Å². The second-order valence-electron chi connectivity index (χ2n) is 3.92. The number of carboxylic acid groups (broad SMARTS) is 1. The van der Waals surface area contributed by atoms with Gasteiger partial charge in [-0.15, -0.1) is 0 Å². The maximum atomic E-state index is 13.5. The minimum Gasteiger partial charge on any atom is -0.475 e. The van der Waals surface area contributed by atoms with E-state index in [0.717, 1.165) is 5.56 Å². The van der Waals surface area contributed by atoms with Crippen molar-refractivity contribution in [3.63, 3.8) is 0 Å². The number of furan rings is 1. The fourth-order valence-corrected chi connectivity index (χ4v) is 1.62. The van der Waals surface area contributed by atoms with E-state index in [2.05, 4.69) is 5.32 Å². The molecule has 0 atom stereocenters. The molecule has 5 heteroatoms. The van der Waals surface area contributed by atoms with Crippen molar-refractivity contribution in [3.8, 4) is 0 Å². The molecule has 1 aromatic heterocycles. The smallest absolute Gasteiger partial charge is 0.372 e. The zero-order chi connectivity index (χ0) is 13.1. The highest BCUT2D eigenvalue weighted by Gasteiger charge is 2.13. The second-order valence-corrected chi connectivity index (χ2v) is 3.92. The summed E-state index contributed by atoms with van der Waals surface area (Å²) in [6, 6.07) is 6.35. The SMILES string of the molecule is Cc1ccc(NCc2ccoc2C(=O)O)c(F)c1. The minimum atomic E-state index is -1.14. The maximum absolute atomic E-state index is 13.5. The van der Waals surface area contributed by atoms with Gasteiger partial charge in [0.1, 0.15) is 5.82 Å². The van der Waals surface area contributed by atoms with Crippen molar-refractivity contribution >= 4 is 11.7 Å². The average Bonchev–Trinajstić information content (AvgIpc) is 2.76. The number of benzene rings is 1. The summed E-state index contributed by atoms with van der Waals surface area (Å²) in [4.78, 5) is 10.8. The van der Waals surface area contributed by atoms with Gasteiger partial charge in [0.05, 0.1) is 12.0 Å². The van der Waals surface area contributed by atoms with E-state index in [1.54, 1.807) is 25.1 Å². The summed E-state index contributed by atoms with van der Waals surface area (Å²) in [5.74, 6) is -1.63. The maximum Gasteiger partial charge on any atom is 0.372 e. The molecular weight excluding hydrogens is 237 g/mol. The molecule has 0 radical (unpaired) electrons. The van der Waals surface area contributed by atoms with Crippen LogP contribution in [0.5, 0.6) is 0 Å². The van der Waals surface area contributed by atoms with Gasteiger partial charge in [-0.3, -0.25) is 0 Å². The lowest BCUT2D eigenvalue weighted by Crippen LogP contribution is -2.05. The van der Waals surface area contributed by atoms with E-state index in [9.17, 15) is 9.18 Å². The Bertz CT molecular complexity index is 577. The number of nitrogens with one attached hydrogen (secondary N) is 1. The van der Waals surface area contributed by atoms with Crippen LogP contribution in [0.3, 0.4) is 0 Å². The third-order valence-corrected chi connectivity index (χ3v) is 2.53. The van der Waals surface area contributed by atoms with Crippen LogP contribution >= 0.6 is 0 Å². The molecule has 2 rings (SSSR count). The molecule has 0 spiro atoms. The Hall–Kier alpha value is -2.30. The van der Waals surface area contributed by atoms with E-state index >= 15 is 0 Å². The fourth-order valence-electron chi connectivity index (χ4n) is 1.62. The van der Waals surface area contributed by atoms with Crippen molar-refractivity contribution in [2.24, 2.45) is 0 Å². The molecule has 0 saturated carbocycles. The van der Waals surface area contributed by atoms with Crippen molar-refractivity contribution in [1.82, 2.24) is 0 Å². The number of halogens is 1. The van der Waals surface area contributed by atoms with Crippen molar-refractivity contribution < 1.29 is 18.7 Å². The summed E-state index contributed by atoms with van der Waals surface area (Å²) in [6.45, 7) is 1.99. The van der Waals surface area contributed by atoms with Gasteiger partial charge in [0.15, 0.2) is 0 Å². The zero-order valence-corrected chi connectivity index (χ0v) is 9.74. The quantitative estimate of drug-likeness (QED) is 0.874. The normalized spacial score (nSPS) is 10.3. The Morgan fingerprint density at radius 3 is 2.89 bits per heavy atom. The van der Waals surface area contributed by atoms with Gasteiger partial charge in [-0.25, -0.2) is 9.18 Å². The number of hydrogen-bond donors (Lipinski definition) is 2. The Labute approximate surface area is 103 Å². The number of aryl methyl sites for hydroxylation is 1. The molecular formula is C13H12FNO3. The molecule has 0 fully saturated rings.